The summed E-state index contributed by atoms with van der Waals surface area (Å²) in [7, 11) is 0. The largest absolute Gasteiger partial charge is 0.366 e. The lowest BCUT2D eigenvalue weighted by Gasteiger charge is -2.29. The van der Waals surface area contributed by atoms with Crippen LogP contribution in [-0.2, 0) is 16.1 Å². The molecule has 11 nitrogen and oxygen atoms in total. The monoisotopic (exact) mass is 431 g/mol. The molecule has 0 spiro atoms. The fourth-order valence-corrected chi connectivity index (χ4v) is 4.01. The predicted molar refractivity (Wildman–Crippen MR) is 109 cm³/mol. The van der Waals surface area contributed by atoms with Gasteiger partial charge in [0.05, 0.1) is 17.4 Å². The first kappa shape index (κ1) is 19.5. The Bertz CT molecular complexity index is 1300. The van der Waals surface area contributed by atoms with Crippen LogP contribution in [0.4, 0.5) is 0 Å². The van der Waals surface area contributed by atoms with Crippen LogP contribution in [0.1, 0.15) is 39.1 Å². The molecule has 4 heterocycles. The van der Waals surface area contributed by atoms with Gasteiger partial charge >= 0.3 is 0 Å². The first-order chi connectivity index (χ1) is 15.4. The van der Waals surface area contributed by atoms with Crippen molar-refractivity contribution in [3.05, 3.63) is 59.5 Å². The second kappa shape index (κ2) is 7.38. The molecule has 1 saturated heterocycles. The molecule has 2 aliphatic rings. The van der Waals surface area contributed by atoms with Crippen molar-refractivity contribution in [2.24, 2.45) is 5.73 Å². The molecule has 3 N–H and O–H groups in total. The number of primary amides is 1. The van der Waals surface area contributed by atoms with E-state index >= 15 is 0 Å². The van der Waals surface area contributed by atoms with E-state index in [1.54, 1.807) is 36.7 Å². The SMILES string of the molecule is NC(=O)c1cncc(-c2cn(-c3cccc4c3CN(C3CCC(=O)NC3=O)C4=O)nn2)c1. The molecule has 5 rings (SSSR count). The number of amides is 4. The molecule has 3 aromatic rings. The Hall–Kier alpha value is -4.41. The van der Waals surface area contributed by atoms with Gasteiger partial charge in [-0.2, -0.15) is 0 Å². The molecule has 160 valence electrons. The Kier molecular flexibility index (Phi) is 4.51. The van der Waals surface area contributed by atoms with Crippen molar-refractivity contribution in [1.82, 2.24) is 30.2 Å². The summed E-state index contributed by atoms with van der Waals surface area (Å²) in [5, 5.41) is 10.6. The van der Waals surface area contributed by atoms with E-state index in [1.165, 1.54) is 15.8 Å². The van der Waals surface area contributed by atoms with E-state index in [4.69, 9.17) is 5.73 Å². The average Bonchev–Trinajstić information content (AvgIpc) is 3.39. The van der Waals surface area contributed by atoms with E-state index in [1.807, 2.05) is 0 Å². The van der Waals surface area contributed by atoms with Gasteiger partial charge in [-0.15, -0.1) is 5.10 Å². The summed E-state index contributed by atoms with van der Waals surface area (Å²) >= 11 is 0. The molecule has 1 fully saturated rings. The van der Waals surface area contributed by atoms with Crippen molar-refractivity contribution in [1.29, 1.82) is 0 Å². The van der Waals surface area contributed by atoms with Crippen molar-refractivity contribution < 1.29 is 19.2 Å². The lowest BCUT2D eigenvalue weighted by atomic mass is 10.0. The Morgan fingerprint density at radius 3 is 2.81 bits per heavy atom. The number of imide groups is 1. The van der Waals surface area contributed by atoms with E-state index in [-0.39, 0.29) is 36.8 Å². The van der Waals surface area contributed by atoms with Gasteiger partial charge in [-0.1, -0.05) is 11.3 Å². The third kappa shape index (κ3) is 3.20. The number of hydrogen-bond acceptors (Lipinski definition) is 7. The van der Waals surface area contributed by atoms with E-state index in [2.05, 4.69) is 20.6 Å². The zero-order valence-electron chi connectivity index (χ0n) is 16.7. The summed E-state index contributed by atoms with van der Waals surface area (Å²) in [6.07, 6.45) is 5.06. The van der Waals surface area contributed by atoms with Crippen LogP contribution < -0.4 is 11.1 Å². The first-order valence-electron chi connectivity index (χ1n) is 9.87. The highest BCUT2D eigenvalue weighted by Crippen LogP contribution is 2.31. The predicted octanol–water partition coefficient (Wildman–Crippen LogP) is 0.189. The Labute approximate surface area is 181 Å². The van der Waals surface area contributed by atoms with Gasteiger partial charge in [-0.3, -0.25) is 29.5 Å². The summed E-state index contributed by atoms with van der Waals surface area (Å²) < 4.78 is 1.53. The minimum atomic E-state index is -0.700. The van der Waals surface area contributed by atoms with E-state index < -0.39 is 17.9 Å². The molecule has 1 atom stereocenters. The molecular formula is C21H17N7O4. The molecule has 0 bridgehead atoms. The maximum Gasteiger partial charge on any atom is 0.255 e. The van der Waals surface area contributed by atoms with E-state index in [9.17, 15) is 19.2 Å². The van der Waals surface area contributed by atoms with Crippen LogP contribution in [0, 0.1) is 0 Å². The number of nitrogens with one attached hydrogen (secondary N) is 1. The summed E-state index contributed by atoms with van der Waals surface area (Å²) in [4.78, 5) is 53.7. The number of carbonyl (C=O) groups excluding carboxylic acids is 4. The maximum absolute atomic E-state index is 13.0. The normalized spacial score (nSPS) is 17.9. The first-order valence-corrected chi connectivity index (χ1v) is 9.87. The molecule has 4 amide bonds. The number of fused-ring (bicyclic) bond motifs is 1. The lowest BCUT2D eigenvalue weighted by molar-refractivity contribution is -0.136. The van der Waals surface area contributed by atoms with E-state index in [0.717, 1.165) is 0 Å². The number of aromatic nitrogens is 4. The second-order valence-corrected chi connectivity index (χ2v) is 7.58. The second-order valence-electron chi connectivity index (χ2n) is 7.58. The molecular weight excluding hydrogens is 414 g/mol. The maximum atomic E-state index is 13.0. The van der Waals surface area contributed by atoms with Gasteiger partial charge in [0, 0.05) is 42.0 Å². The van der Waals surface area contributed by atoms with Crippen molar-refractivity contribution in [2.75, 3.05) is 0 Å². The number of benzene rings is 1. The van der Waals surface area contributed by atoms with Crippen molar-refractivity contribution in [2.45, 2.75) is 25.4 Å². The van der Waals surface area contributed by atoms with Gasteiger partial charge in [0.25, 0.3) is 5.91 Å². The van der Waals surface area contributed by atoms with Gasteiger partial charge in [0.15, 0.2) is 0 Å². The van der Waals surface area contributed by atoms with E-state index in [0.29, 0.717) is 28.1 Å². The molecule has 11 heteroatoms. The number of pyridine rings is 1. The number of piperidine rings is 1. The zero-order valence-corrected chi connectivity index (χ0v) is 16.7. The molecule has 1 aromatic carbocycles. The number of carbonyl (C=O) groups is 4. The smallest absolute Gasteiger partial charge is 0.255 e. The van der Waals surface area contributed by atoms with Crippen LogP contribution in [-0.4, -0.2) is 54.5 Å². The Morgan fingerprint density at radius 2 is 2.03 bits per heavy atom. The topological polar surface area (TPSA) is 153 Å². The average molecular weight is 431 g/mol. The fraction of sp³-hybridized carbons (Fsp3) is 0.190. The van der Waals surface area contributed by atoms with Gasteiger partial charge in [-0.05, 0) is 24.6 Å². The van der Waals surface area contributed by atoms with Crippen LogP contribution in [0.3, 0.4) is 0 Å². The molecule has 0 aliphatic carbocycles. The highest BCUT2D eigenvalue weighted by molar-refractivity contribution is 6.05. The minimum Gasteiger partial charge on any atom is -0.366 e. The number of rotatable bonds is 4. The number of nitrogens with two attached hydrogens (primary N) is 1. The van der Waals surface area contributed by atoms with Gasteiger partial charge in [-0.25, -0.2) is 4.68 Å². The fourth-order valence-electron chi connectivity index (χ4n) is 4.01. The summed E-state index contributed by atoms with van der Waals surface area (Å²) in [6, 6.07) is 6.11. The molecule has 2 aliphatic heterocycles. The van der Waals surface area contributed by atoms with Crippen molar-refractivity contribution in [3.63, 3.8) is 0 Å². The molecule has 2 aromatic heterocycles. The van der Waals surface area contributed by atoms with Gasteiger partial charge < -0.3 is 10.6 Å². The van der Waals surface area contributed by atoms with Crippen LogP contribution >= 0.6 is 0 Å². The number of nitrogens with zero attached hydrogens (tertiary/aromatic N) is 5. The van der Waals surface area contributed by atoms with Crippen molar-refractivity contribution in [3.8, 4) is 16.9 Å². The lowest BCUT2D eigenvalue weighted by Crippen LogP contribution is -2.52. The van der Waals surface area contributed by atoms with Gasteiger partial charge in [0.2, 0.25) is 17.7 Å². The van der Waals surface area contributed by atoms with Crippen LogP contribution in [0.15, 0.2) is 42.9 Å². The molecule has 0 radical (unpaired) electrons. The highest BCUT2D eigenvalue weighted by atomic mass is 16.2. The number of hydrogen-bond donors (Lipinski definition) is 2. The molecule has 1 unspecified atom stereocenters. The zero-order chi connectivity index (χ0) is 22.4. The molecule has 0 saturated carbocycles. The summed E-state index contributed by atoms with van der Waals surface area (Å²) in [5.41, 5.74) is 8.45. The third-order valence-corrected chi connectivity index (χ3v) is 5.62. The third-order valence-electron chi connectivity index (χ3n) is 5.62. The standard InChI is InChI=1S/C21H17N7O4/c22-19(30)12-6-11(7-23-8-12)15-10-28(26-25-15)16-3-1-2-13-14(16)9-27(21(13)32)17-4-5-18(29)24-20(17)31/h1-3,6-8,10,17H,4-5,9H2,(H2,22,30)(H,24,29,31). The van der Waals surface area contributed by atoms with Gasteiger partial charge in [0.1, 0.15) is 11.7 Å². The Morgan fingerprint density at radius 1 is 1.19 bits per heavy atom. The summed E-state index contributed by atoms with van der Waals surface area (Å²) in [5.74, 6) is -1.66. The van der Waals surface area contributed by atoms with Crippen LogP contribution in [0.25, 0.3) is 16.9 Å². The quantitative estimate of drug-likeness (QED) is 0.559. The van der Waals surface area contributed by atoms with Crippen LogP contribution in [0.2, 0.25) is 0 Å². The molecule has 32 heavy (non-hydrogen) atoms. The van der Waals surface area contributed by atoms with Crippen molar-refractivity contribution >= 4 is 23.6 Å². The highest BCUT2D eigenvalue weighted by Gasteiger charge is 2.40. The minimum absolute atomic E-state index is 0.189. The Balaban J connectivity index is 1.47. The van der Waals surface area contributed by atoms with Crippen LogP contribution in [0.5, 0.6) is 0 Å². The summed E-state index contributed by atoms with van der Waals surface area (Å²) in [6.45, 7) is 0.213.